The molecule has 23 heavy (non-hydrogen) atoms. The molecule has 3 rings (SSSR count). The third kappa shape index (κ3) is 3.90. The van der Waals surface area contributed by atoms with Gasteiger partial charge in [-0.25, -0.2) is 0 Å². The molecule has 2 aliphatic rings. The van der Waals surface area contributed by atoms with Crippen LogP contribution in [-0.4, -0.2) is 0 Å². The number of hydrogen-bond donors (Lipinski definition) is 0. The van der Waals surface area contributed by atoms with Gasteiger partial charge >= 0.3 is 0 Å². The fourth-order valence-electron chi connectivity index (χ4n) is 3.19. The molecule has 0 radical (unpaired) electrons. The molecule has 0 saturated heterocycles. The Labute approximate surface area is 144 Å². The molecule has 1 atom stereocenters. The Morgan fingerprint density at radius 3 is 2.13 bits per heavy atom. The average molecular weight is 324 g/mol. The van der Waals surface area contributed by atoms with Crippen molar-refractivity contribution < 1.29 is 0 Å². The van der Waals surface area contributed by atoms with Gasteiger partial charge in [-0.1, -0.05) is 62.8 Å². The topological polar surface area (TPSA) is 0 Å². The van der Waals surface area contributed by atoms with Gasteiger partial charge in [-0.2, -0.15) is 0 Å². The lowest BCUT2D eigenvalue weighted by molar-refractivity contribution is 0.481. The van der Waals surface area contributed by atoms with Crippen molar-refractivity contribution in [2.45, 2.75) is 51.3 Å². The molecule has 0 nitrogen and oxygen atoms in total. The van der Waals surface area contributed by atoms with E-state index in [1.165, 1.54) is 30.6 Å². The summed E-state index contributed by atoms with van der Waals surface area (Å²) in [6, 6.07) is 11.1. The normalized spacial score (nSPS) is 19.7. The molecular formula is C22H27S+. The Morgan fingerprint density at radius 1 is 0.826 bits per heavy atom. The van der Waals surface area contributed by atoms with Crippen LogP contribution in [0.5, 0.6) is 0 Å². The summed E-state index contributed by atoms with van der Waals surface area (Å²) in [6.45, 7) is 6.97. The van der Waals surface area contributed by atoms with Crippen LogP contribution in [-0.2, 0) is 10.9 Å². The van der Waals surface area contributed by atoms with E-state index >= 15 is 0 Å². The summed E-state index contributed by atoms with van der Waals surface area (Å²) in [5, 5.41) is 0. The van der Waals surface area contributed by atoms with Crippen LogP contribution in [0.1, 0.15) is 46.5 Å². The molecule has 1 unspecified atom stereocenters. The zero-order valence-electron chi connectivity index (χ0n) is 14.5. The Balaban J connectivity index is 1.97. The first-order chi connectivity index (χ1) is 11.1. The van der Waals surface area contributed by atoms with Gasteiger partial charge in [0, 0.05) is 12.8 Å². The van der Waals surface area contributed by atoms with Crippen LogP contribution in [0.4, 0.5) is 0 Å². The highest BCUT2D eigenvalue weighted by atomic mass is 32.2. The van der Waals surface area contributed by atoms with E-state index in [4.69, 9.17) is 0 Å². The van der Waals surface area contributed by atoms with Gasteiger partial charge in [-0.15, -0.1) is 0 Å². The first-order valence-electron chi connectivity index (χ1n) is 8.61. The molecule has 0 aliphatic heterocycles. The highest BCUT2D eigenvalue weighted by molar-refractivity contribution is 8.04. The van der Waals surface area contributed by atoms with Gasteiger partial charge in [0.25, 0.3) is 0 Å². The molecule has 2 aliphatic carbocycles. The van der Waals surface area contributed by atoms with Crippen molar-refractivity contribution in [3.05, 3.63) is 76.1 Å². The lowest BCUT2D eigenvalue weighted by Crippen LogP contribution is -2.16. The summed E-state index contributed by atoms with van der Waals surface area (Å²) < 4.78 is 0. The maximum Gasteiger partial charge on any atom is 0.165 e. The van der Waals surface area contributed by atoms with Crippen LogP contribution in [0.3, 0.4) is 0 Å². The molecule has 0 saturated carbocycles. The maximum absolute atomic E-state index is 2.42. The molecule has 1 aromatic rings. The number of hydrogen-bond acceptors (Lipinski definition) is 0. The van der Waals surface area contributed by atoms with Gasteiger partial charge < -0.3 is 0 Å². The van der Waals surface area contributed by atoms with Crippen molar-refractivity contribution in [1.82, 2.24) is 0 Å². The van der Waals surface area contributed by atoms with Crippen molar-refractivity contribution >= 4 is 10.9 Å². The van der Waals surface area contributed by atoms with Gasteiger partial charge in [-0.3, -0.25) is 0 Å². The van der Waals surface area contributed by atoms with E-state index in [2.05, 4.69) is 81.5 Å². The molecule has 0 aromatic heterocycles. The van der Waals surface area contributed by atoms with Gasteiger partial charge in [0.2, 0.25) is 0 Å². The Morgan fingerprint density at radius 2 is 1.57 bits per heavy atom. The third-order valence-electron chi connectivity index (χ3n) is 4.55. The Hall–Kier alpha value is -1.47. The first-order valence-corrected chi connectivity index (χ1v) is 9.83. The number of benzene rings is 1. The number of rotatable bonds is 3. The summed E-state index contributed by atoms with van der Waals surface area (Å²) in [5.74, 6) is 0. The van der Waals surface area contributed by atoms with Crippen LogP contribution in [0.2, 0.25) is 0 Å². The van der Waals surface area contributed by atoms with E-state index in [0.29, 0.717) is 5.41 Å². The molecule has 0 N–H and O–H groups in total. The average Bonchev–Trinajstić information content (AvgIpc) is 2.57. The van der Waals surface area contributed by atoms with E-state index in [9.17, 15) is 0 Å². The minimum absolute atomic E-state index is 0.124. The van der Waals surface area contributed by atoms with Crippen molar-refractivity contribution in [3.8, 4) is 0 Å². The molecule has 0 spiro atoms. The monoisotopic (exact) mass is 323 g/mol. The first kappa shape index (κ1) is 16.4. The molecule has 0 amide bonds. The highest BCUT2D eigenvalue weighted by Gasteiger charge is 2.34. The second-order valence-electron chi connectivity index (χ2n) is 7.29. The smallest absolute Gasteiger partial charge is 0.0839 e. The highest BCUT2D eigenvalue weighted by Crippen LogP contribution is 2.40. The third-order valence-corrected chi connectivity index (χ3v) is 7.03. The van der Waals surface area contributed by atoms with E-state index in [0.717, 1.165) is 0 Å². The number of allylic oxidation sites excluding steroid dienone is 8. The molecule has 0 fully saturated rings. The van der Waals surface area contributed by atoms with E-state index in [1.54, 1.807) is 15.4 Å². The Kier molecular flexibility index (Phi) is 4.96. The summed E-state index contributed by atoms with van der Waals surface area (Å²) in [7, 11) is 0.124. The lowest BCUT2D eigenvalue weighted by Gasteiger charge is -2.26. The quantitative estimate of drug-likeness (QED) is 0.553. The predicted octanol–water partition coefficient (Wildman–Crippen LogP) is 6.55. The summed E-state index contributed by atoms with van der Waals surface area (Å²) in [4.78, 5) is 4.66. The van der Waals surface area contributed by atoms with Crippen LogP contribution in [0, 0.1) is 5.41 Å². The summed E-state index contributed by atoms with van der Waals surface area (Å²) in [6.07, 6.45) is 16.4. The van der Waals surface area contributed by atoms with E-state index < -0.39 is 0 Å². The van der Waals surface area contributed by atoms with Gasteiger partial charge in [0.05, 0.1) is 10.9 Å². The molecule has 120 valence electrons. The zero-order valence-corrected chi connectivity index (χ0v) is 15.3. The van der Waals surface area contributed by atoms with Crippen LogP contribution < -0.4 is 0 Å². The molecular weight excluding hydrogens is 296 g/mol. The van der Waals surface area contributed by atoms with Crippen molar-refractivity contribution in [2.24, 2.45) is 5.41 Å². The minimum atomic E-state index is 0.124. The van der Waals surface area contributed by atoms with Crippen molar-refractivity contribution in [2.75, 3.05) is 0 Å². The fourth-order valence-corrected chi connectivity index (χ4v) is 5.61. The van der Waals surface area contributed by atoms with Gasteiger partial charge in [0.15, 0.2) is 4.90 Å². The fraction of sp³-hybridized carbons (Fsp3) is 0.364. The predicted molar refractivity (Wildman–Crippen MR) is 103 cm³/mol. The molecule has 1 aromatic carbocycles. The van der Waals surface area contributed by atoms with E-state index in [1.807, 2.05) is 0 Å². The SMILES string of the molecule is CC(C)(C)C1=CC=C([S+](C2=CC=CCC2)c2ccccc2)CC1. The second kappa shape index (κ2) is 6.97. The Bertz CT molecular complexity index is 666. The maximum atomic E-state index is 2.42. The molecule has 0 bridgehead atoms. The summed E-state index contributed by atoms with van der Waals surface area (Å²) >= 11 is 0. The van der Waals surface area contributed by atoms with Crippen LogP contribution >= 0.6 is 0 Å². The minimum Gasteiger partial charge on any atom is -0.0839 e. The molecule has 0 heterocycles. The van der Waals surface area contributed by atoms with Crippen LogP contribution in [0.15, 0.2) is 81.0 Å². The zero-order chi connectivity index (χ0) is 16.3. The lowest BCUT2D eigenvalue weighted by atomic mass is 9.82. The van der Waals surface area contributed by atoms with Crippen LogP contribution in [0.25, 0.3) is 0 Å². The van der Waals surface area contributed by atoms with Crippen molar-refractivity contribution in [3.63, 3.8) is 0 Å². The van der Waals surface area contributed by atoms with Gasteiger partial charge in [-0.05, 0) is 42.5 Å². The standard InChI is InChI=1S/C22H27S/c1-22(2,3)18-14-16-21(17-15-18)23(19-10-6-4-7-11-19)20-12-8-5-9-13-20/h4-8,10-12,14,16H,9,13,15,17H2,1-3H3/q+1. The van der Waals surface area contributed by atoms with Gasteiger partial charge in [0.1, 0.15) is 9.81 Å². The van der Waals surface area contributed by atoms with Crippen molar-refractivity contribution in [1.29, 1.82) is 0 Å². The molecule has 1 heteroatoms. The summed E-state index contributed by atoms with van der Waals surface area (Å²) in [5.41, 5.74) is 1.87. The largest absolute Gasteiger partial charge is 0.165 e. The second-order valence-corrected chi connectivity index (χ2v) is 9.43. The van der Waals surface area contributed by atoms with E-state index in [-0.39, 0.29) is 10.9 Å².